The predicted molar refractivity (Wildman–Crippen MR) is 44.1 cm³/mol. The van der Waals surface area contributed by atoms with E-state index < -0.39 is 0 Å². The molecule has 0 spiro atoms. The summed E-state index contributed by atoms with van der Waals surface area (Å²) in [7, 11) is 1.60. The van der Waals surface area contributed by atoms with Gasteiger partial charge >= 0.3 is 102 Å². The normalized spacial score (nSPS) is 9.73. The van der Waals surface area contributed by atoms with Crippen molar-refractivity contribution in [1.29, 1.82) is 0 Å². The Bertz CT molecular complexity index is 248. The fraction of sp³-hybridized carbons (Fsp3) is 0.250. The van der Waals surface area contributed by atoms with Crippen molar-refractivity contribution in [3.8, 4) is 11.5 Å². The van der Waals surface area contributed by atoms with Crippen LogP contribution in [0.5, 0.6) is 11.5 Å². The van der Waals surface area contributed by atoms with Gasteiger partial charge in [0.15, 0.2) is 0 Å². The standard InChI is InChI=1S/C8H9O2.K/c1-6-3-4-7(10-2)5-8(6)9;/h3-5,9H,1H2,2H3;. The van der Waals surface area contributed by atoms with E-state index in [0.717, 1.165) is 55.0 Å². The Hall–Kier alpha value is 0.456. The molecule has 0 saturated heterocycles. The van der Waals surface area contributed by atoms with Crippen LogP contribution in [0, 0.1) is 0 Å². The first-order valence-corrected chi connectivity index (χ1v) is 5.84. The van der Waals surface area contributed by atoms with Gasteiger partial charge < -0.3 is 0 Å². The Morgan fingerprint density at radius 3 is 2.73 bits per heavy atom. The van der Waals surface area contributed by atoms with E-state index in [1.807, 2.05) is 12.1 Å². The summed E-state index contributed by atoms with van der Waals surface area (Å²) < 4.78 is 5.98. The van der Waals surface area contributed by atoms with E-state index in [9.17, 15) is 5.11 Å². The minimum atomic E-state index is 0.359. The molecule has 0 bridgehead atoms. The molecule has 0 aliphatic carbocycles. The van der Waals surface area contributed by atoms with Crippen molar-refractivity contribution in [1.82, 2.24) is 0 Å². The second-order valence-corrected chi connectivity index (χ2v) is 3.45. The van der Waals surface area contributed by atoms with Crippen LogP contribution in [0.4, 0.5) is 0 Å². The fourth-order valence-electron chi connectivity index (χ4n) is 0.970. The van der Waals surface area contributed by atoms with Gasteiger partial charge in [-0.15, -0.1) is 0 Å². The van der Waals surface area contributed by atoms with Crippen molar-refractivity contribution >= 4 is 49.0 Å². The molecule has 0 aliphatic rings. The van der Waals surface area contributed by atoms with Crippen molar-refractivity contribution < 1.29 is 9.84 Å². The van der Waals surface area contributed by atoms with Gasteiger partial charge in [0, 0.05) is 0 Å². The molecule has 0 radical (unpaired) electrons. The van der Waals surface area contributed by atoms with Crippen molar-refractivity contribution in [3.63, 3.8) is 0 Å². The van der Waals surface area contributed by atoms with Gasteiger partial charge in [-0.05, 0) is 0 Å². The number of phenolic OH excluding ortho intramolecular Hbond substituents is 1. The predicted octanol–water partition coefficient (Wildman–Crippen LogP) is 1.07. The zero-order chi connectivity index (χ0) is 8.27. The summed E-state index contributed by atoms with van der Waals surface area (Å²) >= 11 is 0.749. The third-order valence-corrected chi connectivity index (χ3v) is 2.86. The molecule has 3 heteroatoms. The molecule has 11 heavy (non-hydrogen) atoms. The van der Waals surface area contributed by atoms with Crippen LogP contribution < -0.4 is 4.74 Å². The number of rotatable bonds is 2. The third-order valence-electron chi connectivity index (χ3n) is 1.67. The number of benzene rings is 1. The van der Waals surface area contributed by atoms with Crippen molar-refractivity contribution in [2.24, 2.45) is 0 Å². The first-order chi connectivity index (χ1) is 5.27. The van der Waals surface area contributed by atoms with E-state index in [1.165, 1.54) is 0 Å². The summed E-state index contributed by atoms with van der Waals surface area (Å²) in [5.41, 5.74) is 1.03. The first kappa shape index (κ1) is 9.54. The number of hydrogen-bond acceptors (Lipinski definition) is 2. The zero-order valence-corrected chi connectivity index (χ0v) is 9.92. The maximum absolute atomic E-state index is 9.37. The molecule has 1 aromatic rings. The molecular weight excluding hydrogens is 167 g/mol. The van der Waals surface area contributed by atoms with E-state index >= 15 is 0 Å². The second-order valence-electron chi connectivity index (χ2n) is 2.35. The van der Waals surface area contributed by atoms with Crippen LogP contribution in [-0.4, -0.2) is 61.2 Å². The topological polar surface area (TPSA) is 29.5 Å². The average Bonchev–Trinajstić information content (AvgIpc) is 2.04. The molecule has 54 valence electrons. The third kappa shape index (κ3) is 2.45. The van der Waals surface area contributed by atoms with Gasteiger partial charge in [-0.3, -0.25) is 0 Å². The summed E-state index contributed by atoms with van der Waals surface area (Å²) in [6.07, 6.45) is 0. The quantitative estimate of drug-likeness (QED) is 0.683. The Kier molecular flexibility index (Phi) is 3.88. The number of methoxy groups -OCH3 is 1. The molecule has 0 heterocycles. The Balaban J connectivity index is 2.99. The molecule has 1 N–H and O–H groups in total. The number of ether oxygens (including phenoxy) is 1. The van der Waals surface area contributed by atoms with Crippen molar-refractivity contribution in [3.05, 3.63) is 23.8 Å². The van der Waals surface area contributed by atoms with E-state index in [4.69, 9.17) is 4.74 Å². The summed E-state index contributed by atoms with van der Waals surface area (Å²) in [6.45, 7) is 0. The zero-order valence-electron chi connectivity index (χ0n) is 6.79. The van der Waals surface area contributed by atoms with E-state index in [1.54, 1.807) is 13.2 Å². The van der Waals surface area contributed by atoms with Gasteiger partial charge in [-0.25, -0.2) is 0 Å². The minimum absolute atomic E-state index is 0.359. The molecule has 0 saturated carbocycles. The Morgan fingerprint density at radius 2 is 2.27 bits per heavy atom. The van der Waals surface area contributed by atoms with Crippen LogP contribution >= 0.6 is 0 Å². The Labute approximate surface area is 100 Å². The van der Waals surface area contributed by atoms with E-state index in [-0.39, 0.29) is 0 Å². The average molecular weight is 176 g/mol. The van der Waals surface area contributed by atoms with Gasteiger partial charge in [-0.2, -0.15) is 0 Å². The monoisotopic (exact) mass is 176 g/mol. The van der Waals surface area contributed by atoms with Gasteiger partial charge in [0.05, 0.1) is 0 Å². The molecule has 0 unspecified atom stereocenters. The number of phenols is 1. The molecule has 1 aromatic carbocycles. The van der Waals surface area contributed by atoms with Gasteiger partial charge in [0.25, 0.3) is 0 Å². The van der Waals surface area contributed by atoms with Gasteiger partial charge in [0.2, 0.25) is 0 Å². The molecule has 1 rings (SSSR count). The van der Waals surface area contributed by atoms with Crippen LogP contribution in [0.2, 0.25) is 0 Å². The molecule has 0 aliphatic heterocycles. The molecule has 0 fully saturated rings. The van der Waals surface area contributed by atoms with Gasteiger partial charge in [-0.1, -0.05) is 0 Å². The van der Waals surface area contributed by atoms with Crippen molar-refractivity contribution in [2.45, 2.75) is 0.515 Å². The van der Waals surface area contributed by atoms with Crippen LogP contribution in [0.1, 0.15) is 5.56 Å². The number of hydrogen-bond donors (Lipinski definition) is 1. The van der Waals surface area contributed by atoms with Gasteiger partial charge in [0.1, 0.15) is 0 Å². The number of aromatic hydroxyl groups is 1. The maximum atomic E-state index is 9.37. The van der Waals surface area contributed by atoms with Crippen LogP contribution in [-0.2, 0) is 0.515 Å². The van der Waals surface area contributed by atoms with Crippen molar-refractivity contribution in [2.75, 3.05) is 7.11 Å². The van der Waals surface area contributed by atoms with E-state index in [0.29, 0.717) is 11.5 Å². The Morgan fingerprint density at radius 1 is 1.55 bits per heavy atom. The SMILES string of the molecule is COc1ccc([CH2][K])c(O)c1. The van der Waals surface area contributed by atoms with Crippen LogP contribution in [0.15, 0.2) is 18.2 Å². The molecule has 2 nitrogen and oxygen atoms in total. The summed E-state index contributed by atoms with van der Waals surface area (Å²) in [5, 5.41) is 9.37. The second kappa shape index (κ2) is 4.47. The molecule has 0 atom stereocenters. The molecule has 0 aromatic heterocycles. The van der Waals surface area contributed by atoms with Crippen LogP contribution in [0.25, 0.3) is 0 Å². The molecular formula is C8H9KO2. The summed E-state index contributed by atoms with van der Waals surface area (Å²) in [4.78, 5) is 0. The van der Waals surface area contributed by atoms with Crippen LogP contribution in [0.3, 0.4) is 0 Å². The summed E-state index contributed by atoms with van der Waals surface area (Å²) in [6, 6.07) is 5.45. The molecule has 0 amide bonds. The first-order valence-electron chi connectivity index (χ1n) is 3.63. The fourth-order valence-corrected chi connectivity index (χ4v) is 1.90. The summed E-state index contributed by atoms with van der Waals surface area (Å²) in [5.74, 6) is 1.07. The van der Waals surface area contributed by atoms with E-state index in [2.05, 4.69) is 0 Å².